The first kappa shape index (κ1) is 18.0. The summed E-state index contributed by atoms with van der Waals surface area (Å²) >= 11 is 0. The molecular formula is C17H20F3N3O. The minimum absolute atomic E-state index is 0.0746. The molecule has 0 aliphatic rings. The van der Waals surface area contributed by atoms with Crippen LogP contribution in [0.15, 0.2) is 30.5 Å². The minimum atomic E-state index is -4.55. The average Bonchev–Trinajstić information content (AvgIpc) is 2.53. The normalized spacial score (nSPS) is 11.7. The van der Waals surface area contributed by atoms with Crippen molar-refractivity contribution in [1.29, 1.82) is 0 Å². The Kier molecular flexibility index (Phi) is 5.31. The molecule has 24 heavy (non-hydrogen) atoms. The van der Waals surface area contributed by atoms with Crippen LogP contribution in [0.5, 0.6) is 6.01 Å². The Labute approximate surface area is 139 Å². The Morgan fingerprint density at radius 3 is 2.46 bits per heavy atom. The Hall–Kier alpha value is -2.31. The summed E-state index contributed by atoms with van der Waals surface area (Å²) < 4.78 is 45.2. The number of ether oxygens (including phenoxy) is 1. The van der Waals surface area contributed by atoms with Crippen LogP contribution in [0.4, 0.5) is 24.7 Å². The second kappa shape index (κ2) is 7.07. The van der Waals surface area contributed by atoms with E-state index in [9.17, 15) is 13.2 Å². The van der Waals surface area contributed by atoms with Gasteiger partial charge < -0.3 is 9.64 Å². The number of anilines is 2. The first-order chi connectivity index (χ1) is 11.3. The lowest BCUT2D eigenvalue weighted by Gasteiger charge is -2.25. The third-order valence-electron chi connectivity index (χ3n) is 3.56. The second-order valence-electron chi connectivity index (χ2n) is 5.59. The maximum absolute atomic E-state index is 13.4. The molecule has 1 aromatic heterocycles. The maximum atomic E-state index is 13.4. The van der Waals surface area contributed by atoms with Gasteiger partial charge in [0.2, 0.25) is 0 Å². The molecule has 0 spiro atoms. The van der Waals surface area contributed by atoms with Gasteiger partial charge in [0.25, 0.3) is 0 Å². The summed E-state index contributed by atoms with van der Waals surface area (Å²) in [6.07, 6.45) is -3.79. The van der Waals surface area contributed by atoms with Crippen LogP contribution in [0.25, 0.3) is 0 Å². The number of para-hydroxylation sites is 1. The van der Waals surface area contributed by atoms with Crippen LogP contribution in [0.1, 0.15) is 37.8 Å². The van der Waals surface area contributed by atoms with Gasteiger partial charge in [0.1, 0.15) is 5.56 Å². The van der Waals surface area contributed by atoms with E-state index in [1.165, 1.54) is 4.90 Å². The highest BCUT2D eigenvalue weighted by atomic mass is 19.4. The molecule has 7 heteroatoms. The Morgan fingerprint density at radius 1 is 1.21 bits per heavy atom. The standard InChI is InChI=1S/C17H20F3N3O/c1-5-24-16-21-10-13(17(18,19)20)15(22-16)23(4)14-9-7-6-8-12(14)11(2)3/h6-11H,5H2,1-4H3. The van der Waals surface area contributed by atoms with E-state index in [2.05, 4.69) is 9.97 Å². The molecule has 0 fully saturated rings. The van der Waals surface area contributed by atoms with Crippen LogP contribution in [0.3, 0.4) is 0 Å². The molecule has 4 nitrogen and oxygen atoms in total. The van der Waals surface area contributed by atoms with Gasteiger partial charge in [-0.15, -0.1) is 0 Å². The third kappa shape index (κ3) is 3.77. The molecule has 0 aliphatic heterocycles. The van der Waals surface area contributed by atoms with Crippen molar-refractivity contribution in [2.75, 3.05) is 18.6 Å². The number of hydrogen-bond acceptors (Lipinski definition) is 4. The van der Waals surface area contributed by atoms with E-state index in [1.807, 2.05) is 26.0 Å². The SMILES string of the molecule is CCOc1ncc(C(F)(F)F)c(N(C)c2ccccc2C(C)C)n1. The van der Waals surface area contributed by atoms with Gasteiger partial charge in [-0.3, -0.25) is 0 Å². The lowest BCUT2D eigenvalue weighted by atomic mass is 10.0. The van der Waals surface area contributed by atoms with Crippen LogP contribution < -0.4 is 9.64 Å². The van der Waals surface area contributed by atoms with Gasteiger partial charge in [0.15, 0.2) is 5.82 Å². The zero-order valence-corrected chi connectivity index (χ0v) is 14.1. The highest BCUT2D eigenvalue weighted by molar-refractivity contribution is 5.66. The quantitative estimate of drug-likeness (QED) is 0.785. The van der Waals surface area contributed by atoms with Crippen molar-refractivity contribution >= 4 is 11.5 Å². The van der Waals surface area contributed by atoms with Crippen molar-refractivity contribution in [3.8, 4) is 6.01 Å². The van der Waals surface area contributed by atoms with E-state index in [1.54, 1.807) is 26.1 Å². The number of benzene rings is 1. The molecule has 1 aromatic carbocycles. The van der Waals surface area contributed by atoms with Crippen molar-refractivity contribution in [3.05, 3.63) is 41.6 Å². The lowest BCUT2D eigenvalue weighted by molar-refractivity contribution is -0.137. The number of halogens is 3. The molecule has 0 amide bonds. The van der Waals surface area contributed by atoms with E-state index in [4.69, 9.17) is 4.74 Å². The summed E-state index contributed by atoms with van der Waals surface area (Å²) in [6.45, 7) is 5.97. The van der Waals surface area contributed by atoms with Crippen LogP contribution in [0.2, 0.25) is 0 Å². The van der Waals surface area contributed by atoms with Crippen LogP contribution in [-0.4, -0.2) is 23.6 Å². The smallest absolute Gasteiger partial charge is 0.421 e. The zero-order chi connectivity index (χ0) is 17.9. The van der Waals surface area contributed by atoms with Gasteiger partial charge in [0, 0.05) is 18.9 Å². The topological polar surface area (TPSA) is 38.2 Å². The molecule has 0 radical (unpaired) electrons. The van der Waals surface area contributed by atoms with Gasteiger partial charge in [-0.1, -0.05) is 32.0 Å². The average molecular weight is 339 g/mol. The van der Waals surface area contributed by atoms with Crippen molar-refractivity contribution in [2.24, 2.45) is 0 Å². The van der Waals surface area contributed by atoms with Crippen molar-refractivity contribution in [1.82, 2.24) is 9.97 Å². The largest absolute Gasteiger partial charge is 0.464 e. The highest BCUT2D eigenvalue weighted by Gasteiger charge is 2.37. The lowest BCUT2D eigenvalue weighted by Crippen LogP contribution is -2.20. The summed E-state index contributed by atoms with van der Waals surface area (Å²) in [4.78, 5) is 9.06. The van der Waals surface area contributed by atoms with Crippen molar-refractivity contribution in [3.63, 3.8) is 0 Å². The number of alkyl halides is 3. The predicted octanol–water partition coefficient (Wildman–Crippen LogP) is 4.79. The fourth-order valence-electron chi connectivity index (χ4n) is 2.41. The predicted molar refractivity (Wildman–Crippen MR) is 86.8 cm³/mol. The van der Waals surface area contributed by atoms with Crippen LogP contribution in [-0.2, 0) is 6.18 Å². The van der Waals surface area contributed by atoms with E-state index in [0.29, 0.717) is 5.69 Å². The monoisotopic (exact) mass is 339 g/mol. The maximum Gasteiger partial charge on any atom is 0.421 e. The van der Waals surface area contributed by atoms with E-state index in [-0.39, 0.29) is 24.4 Å². The molecular weight excluding hydrogens is 319 g/mol. The van der Waals surface area contributed by atoms with Crippen molar-refractivity contribution in [2.45, 2.75) is 32.9 Å². The summed E-state index contributed by atoms with van der Waals surface area (Å²) in [6, 6.07) is 7.25. The first-order valence-corrected chi connectivity index (χ1v) is 7.65. The van der Waals surface area contributed by atoms with Crippen LogP contribution in [0, 0.1) is 0 Å². The molecule has 0 unspecified atom stereocenters. The summed E-state index contributed by atoms with van der Waals surface area (Å²) in [5.41, 5.74) is 0.704. The Bertz CT molecular complexity index is 702. The molecule has 0 atom stereocenters. The molecule has 0 saturated carbocycles. The fraction of sp³-hybridized carbons (Fsp3) is 0.412. The Morgan fingerprint density at radius 2 is 1.88 bits per heavy atom. The molecule has 1 heterocycles. The molecule has 0 N–H and O–H groups in total. The van der Waals surface area contributed by atoms with E-state index >= 15 is 0 Å². The van der Waals surface area contributed by atoms with E-state index < -0.39 is 11.7 Å². The fourth-order valence-corrected chi connectivity index (χ4v) is 2.41. The molecule has 0 aliphatic carbocycles. The third-order valence-corrected chi connectivity index (χ3v) is 3.56. The first-order valence-electron chi connectivity index (χ1n) is 7.65. The second-order valence-corrected chi connectivity index (χ2v) is 5.59. The minimum Gasteiger partial charge on any atom is -0.464 e. The summed E-state index contributed by atoms with van der Waals surface area (Å²) in [5, 5.41) is 0. The van der Waals surface area contributed by atoms with Crippen molar-refractivity contribution < 1.29 is 17.9 Å². The van der Waals surface area contributed by atoms with Gasteiger partial charge in [0.05, 0.1) is 6.61 Å². The highest BCUT2D eigenvalue weighted by Crippen LogP contribution is 2.39. The molecule has 0 bridgehead atoms. The molecule has 2 aromatic rings. The zero-order valence-electron chi connectivity index (χ0n) is 14.1. The summed E-state index contributed by atoms with van der Waals surface area (Å²) in [5.74, 6) is -0.0692. The van der Waals surface area contributed by atoms with Gasteiger partial charge >= 0.3 is 12.2 Å². The molecule has 130 valence electrons. The number of hydrogen-bond donors (Lipinski definition) is 0. The molecule has 2 rings (SSSR count). The Balaban J connectivity index is 2.59. The van der Waals surface area contributed by atoms with Crippen LogP contribution >= 0.6 is 0 Å². The number of aromatic nitrogens is 2. The number of rotatable bonds is 5. The van der Waals surface area contributed by atoms with Gasteiger partial charge in [-0.2, -0.15) is 18.2 Å². The van der Waals surface area contributed by atoms with Gasteiger partial charge in [-0.25, -0.2) is 4.98 Å². The number of nitrogens with zero attached hydrogens (tertiary/aromatic N) is 3. The van der Waals surface area contributed by atoms with E-state index in [0.717, 1.165) is 11.8 Å². The summed E-state index contributed by atoms with van der Waals surface area (Å²) in [7, 11) is 1.56. The van der Waals surface area contributed by atoms with Gasteiger partial charge in [-0.05, 0) is 24.5 Å². The molecule has 0 saturated heterocycles.